The summed E-state index contributed by atoms with van der Waals surface area (Å²) in [6.07, 6.45) is -2.53. The van der Waals surface area contributed by atoms with Crippen LogP contribution < -0.4 is 9.47 Å². The van der Waals surface area contributed by atoms with Gasteiger partial charge < -0.3 is 9.47 Å². The van der Waals surface area contributed by atoms with Crippen LogP contribution in [0.5, 0.6) is 11.5 Å². The Morgan fingerprint density at radius 2 is 0.816 bits per heavy atom. The molecule has 24 heteroatoms. The monoisotopic (exact) mass is 1090 g/mol. The number of hydrogen-bond acceptors (Lipinski definition) is 12. The maximum Gasteiger partial charge on any atom is 0.416 e. The minimum Gasteiger partial charge on any atom is -0.493 e. The summed E-state index contributed by atoms with van der Waals surface area (Å²) in [4.78, 5) is 21.8. The average Bonchev–Trinajstić information content (AvgIpc) is 3.40. The van der Waals surface area contributed by atoms with Gasteiger partial charge in [0, 0.05) is 46.5 Å². The molecule has 2 aliphatic heterocycles. The SMILES string of the molecule is O=S(=O)(Cc1ncc(F)cn1)c1ccc2c(c1)OCC[C@@H]2c1ccc(C(F)(F)F)cc1-c1ccc(F)nc1.O=S(=O)(Cc1ncc(F)cn1)c1ccc2c(c1)OCC[C@H]2c1ccc(C(F)(F)F)cc1-c1ccc(F)nc1. The summed E-state index contributed by atoms with van der Waals surface area (Å²) in [6, 6.07) is 20.1. The van der Waals surface area contributed by atoms with Gasteiger partial charge in [0.05, 0.1) is 58.9 Å². The van der Waals surface area contributed by atoms with Crippen LogP contribution in [0.15, 0.2) is 144 Å². The number of halogens is 10. The Balaban J connectivity index is 0.000000186. The number of pyridine rings is 2. The number of nitrogens with zero attached hydrogens (tertiary/aromatic N) is 6. The topological polar surface area (TPSA) is 164 Å². The Bertz CT molecular complexity index is 3430. The van der Waals surface area contributed by atoms with Gasteiger partial charge in [0.2, 0.25) is 11.9 Å². The lowest BCUT2D eigenvalue weighted by molar-refractivity contribution is -0.138. The molecule has 2 aliphatic rings. The number of benzene rings is 4. The van der Waals surface area contributed by atoms with Gasteiger partial charge >= 0.3 is 12.4 Å². The second-order valence-electron chi connectivity index (χ2n) is 17.3. The van der Waals surface area contributed by atoms with E-state index in [0.717, 1.165) is 61.2 Å². The van der Waals surface area contributed by atoms with E-state index in [-0.39, 0.29) is 57.3 Å². The zero-order valence-corrected chi connectivity index (χ0v) is 40.5. The van der Waals surface area contributed by atoms with Crippen LogP contribution in [-0.4, -0.2) is 60.0 Å². The highest BCUT2D eigenvalue weighted by Gasteiger charge is 2.36. The van der Waals surface area contributed by atoms with Crippen molar-refractivity contribution in [3.8, 4) is 33.8 Å². The van der Waals surface area contributed by atoms with Crippen LogP contribution in [0.25, 0.3) is 22.3 Å². The van der Waals surface area contributed by atoms with Crippen molar-refractivity contribution in [3.05, 3.63) is 203 Å². The fourth-order valence-electron chi connectivity index (χ4n) is 8.75. The Kier molecular flexibility index (Phi) is 14.7. The minimum absolute atomic E-state index is 0.0693. The van der Waals surface area contributed by atoms with Gasteiger partial charge in [-0.15, -0.1) is 0 Å². The molecule has 0 bridgehead atoms. The van der Waals surface area contributed by atoms with E-state index in [9.17, 15) is 60.7 Å². The van der Waals surface area contributed by atoms with E-state index in [4.69, 9.17) is 9.47 Å². The lowest BCUT2D eigenvalue weighted by Gasteiger charge is -2.29. The molecule has 0 saturated carbocycles. The third-order valence-electron chi connectivity index (χ3n) is 12.3. The summed E-state index contributed by atoms with van der Waals surface area (Å²) >= 11 is 0. The minimum atomic E-state index is -4.59. The molecule has 4 aromatic heterocycles. The third kappa shape index (κ3) is 11.8. The first-order valence-electron chi connectivity index (χ1n) is 22.6. The second kappa shape index (κ2) is 21.0. The lowest BCUT2D eigenvalue weighted by Crippen LogP contribution is -2.17. The van der Waals surface area contributed by atoms with Crippen molar-refractivity contribution in [3.63, 3.8) is 0 Å². The van der Waals surface area contributed by atoms with Crippen LogP contribution >= 0.6 is 0 Å². The molecule has 12 nitrogen and oxygen atoms in total. The van der Waals surface area contributed by atoms with Crippen molar-refractivity contribution < 1.29 is 70.2 Å². The van der Waals surface area contributed by atoms with Crippen LogP contribution in [0, 0.1) is 23.5 Å². The summed E-state index contributed by atoms with van der Waals surface area (Å²) in [5.74, 6) is -4.52. The quantitative estimate of drug-likeness (QED) is 0.0942. The molecule has 8 aromatic rings. The molecule has 0 radical (unpaired) electrons. The number of ether oxygens (including phenoxy) is 2. The van der Waals surface area contributed by atoms with Gasteiger partial charge in [-0.2, -0.15) is 35.1 Å². The first kappa shape index (κ1) is 53.0. The summed E-state index contributed by atoms with van der Waals surface area (Å²) in [6.45, 7) is 0.370. The molecule has 0 saturated heterocycles. The van der Waals surface area contributed by atoms with E-state index in [1.165, 1.54) is 60.9 Å². The summed E-state index contributed by atoms with van der Waals surface area (Å²) in [5, 5.41) is 0. The molecule has 0 N–H and O–H groups in total. The zero-order chi connectivity index (χ0) is 54.2. The van der Waals surface area contributed by atoms with Crippen molar-refractivity contribution in [1.29, 1.82) is 0 Å². The van der Waals surface area contributed by atoms with Crippen LogP contribution in [0.3, 0.4) is 0 Å². The fraction of sp³-hybridized carbons (Fsp3) is 0.192. The average molecular weight is 1100 g/mol. The molecule has 2 atom stereocenters. The summed E-state index contributed by atoms with van der Waals surface area (Å²) < 4.78 is 197. The molecule has 0 fully saturated rings. The maximum absolute atomic E-state index is 13.5. The molecule has 76 heavy (non-hydrogen) atoms. The summed E-state index contributed by atoms with van der Waals surface area (Å²) in [7, 11) is -7.83. The van der Waals surface area contributed by atoms with Crippen LogP contribution in [0.2, 0.25) is 0 Å². The first-order valence-corrected chi connectivity index (χ1v) is 25.9. The van der Waals surface area contributed by atoms with Crippen LogP contribution in [0.4, 0.5) is 43.9 Å². The molecule has 10 rings (SSSR count). The number of rotatable bonds is 10. The highest BCUT2D eigenvalue weighted by molar-refractivity contribution is 7.91. The van der Waals surface area contributed by atoms with Crippen molar-refractivity contribution >= 4 is 19.7 Å². The summed E-state index contributed by atoms with van der Waals surface area (Å²) in [5.41, 5.74) is 1.59. The Hall–Kier alpha value is -7.86. The fourth-order valence-corrected chi connectivity index (χ4v) is 11.2. The predicted molar refractivity (Wildman–Crippen MR) is 252 cm³/mol. The number of alkyl halides is 6. The van der Waals surface area contributed by atoms with Crippen molar-refractivity contribution in [2.45, 2.75) is 58.3 Å². The third-order valence-corrected chi connectivity index (χ3v) is 15.6. The van der Waals surface area contributed by atoms with Gasteiger partial charge in [0.25, 0.3) is 0 Å². The number of sulfone groups is 2. The number of hydrogen-bond donors (Lipinski definition) is 0. The van der Waals surface area contributed by atoms with Gasteiger partial charge in [-0.25, -0.2) is 55.5 Å². The Morgan fingerprint density at radius 1 is 0.447 bits per heavy atom. The zero-order valence-electron chi connectivity index (χ0n) is 38.8. The molecule has 6 heterocycles. The Morgan fingerprint density at radius 3 is 1.16 bits per heavy atom. The highest BCUT2D eigenvalue weighted by atomic mass is 32.2. The normalized spacial score (nSPS) is 15.6. The smallest absolute Gasteiger partial charge is 0.416 e. The highest BCUT2D eigenvalue weighted by Crippen LogP contribution is 2.46. The van der Waals surface area contributed by atoms with Crippen molar-refractivity contribution in [2.75, 3.05) is 13.2 Å². The van der Waals surface area contributed by atoms with Gasteiger partial charge in [0.1, 0.15) is 34.7 Å². The number of aromatic nitrogens is 6. The molecular weight excluding hydrogens is 1060 g/mol. The lowest BCUT2D eigenvalue weighted by atomic mass is 9.82. The van der Waals surface area contributed by atoms with E-state index in [2.05, 4.69) is 29.9 Å². The standard InChI is InChI=1S/2C26H18F5N3O3S/c2*27-17-12-33-25(34-13-17)14-38(35,36)18-3-5-21-20(7-8-37-23(21)10-18)19-4-2-16(26(29,30)31)9-22(19)15-1-6-24(28)32-11-15/h2*1-6,9-13,20H,7-8,14H2/t2*20-/m10/s1. The van der Waals surface area contributed by atoms with Gasteiger partial charge in [-0.3, -0.25) is 0 Å². The maximum atomic E-state index is 13.5. The molecule has 392 valence electrons. The second-order valence-corrected chi connectivity index (χ2v) is 21.2. The van der Waals surface area contributed by atoms with Gasteiger partial charge in [-0.1, -0.05) is 24.3 Å². The van der Waals surface area contributed by atoms with Crippen LogP contribution in [0.1, 0.15) is 69.7 Å². The van der Waals surface area contributed by atoms with E-state index >= 15 is 0 Å². The van der Waals surface area contributed by atoms with Crippen LogP contribution in [-0.2, 0) is 43.5 Å². The molecule has 0 amide bonds. The first-order chi connectivity index (χ1) is 36.0. The predicted octanol–water partition coefficient (Wildman–Crippen LogP) is 11.4. The van der Waals surface area contributed by atoms with E-state index < -0.39 is 90.0 Å². The van der Waals surface area contributed by atoms with Gasteiger partial charge in [0.15, 0.2) is 31.3 Å². The molecular formula is C52H36F10N6O6S2. The molecule has 0 spiro atoms. The van der Waals surface area contributed by atoms with Gasteiger partial charge in [-0.05, 0) is 108 Å². The molecule has 4 aromatic carbocycles. The van der Waals surface area contributed by atoms with E-state index in [0.29, 0.717) is 46.2 Å². The van der Waals surface area contributed by atoms with Crippen molar-refractivity contribution in [1.82, 2.24) is 29.9 Å². The molecule has 0 unspecified atom stereocenters. The van der Waals surface area contributed by atoms with E-state index in [1.807, 2.05) is 0 Å². The largest absolute Gasteiger partial charge is 0.493 e. The van der Waals surface area contributed by atoms with E-state index in [1.54, 1.807) is 12.1 Å². The Labute approximate surface area is 426 Å². The van der Waals surface area contributed by atoms with Crippen molar-refractivity contribution in [2.24, 2.45) is 0 Å². The number of fused-ring (bicyclic) bond motifs is 2. The molecule has 0 aliphatic carbocycles.